The molecule has 2 aromatic carbocycles. The topological polar surface area (TPSA) is 38.3 Å². The molecule has 110 valence electrons. The Hall–Kier alpha value is -2.00. The molecule has 0 fully saturated rings. The van der Waals surface area contributed by atoms with E-state index in [4.69, 9.17) is 16.3 Å². The van der Waals surface area contributed by atoms with Gasteiger partial charge in [0.25, 0.3) is 5.91 Å². The zero-order valence-corrected chi connectivity index (χ0v) is 12.9. The summed E-state index contributed by atoms with van der Waals surface area (Å²) in [4.78, 5) is 12.3. The number of hydrogen-bond donors (Lipinski definition) is 1. The van der Waals surface area contributed by atoms with Gasteiger partial charge in [0.1, 0.15) is 5.75 Å². The van der Waals surface area contributed by atoms with Crippen molar-refractivity contribution in [2.75, 3.05) is 7.11 Å². The summed E-state index contributed by atoms with van der Waals surface area (Å²) in [6.45, 7) is 2.04. The Labute approximate surface area is 129 Å². The fraction of sp³-hybridized carbons (Fsp3) is 0.235. The number of ether oxygens (including phenoxy) is 1. The van der Waals surface area contributed by atoms with Crippen LogP contribution in [0.25, 0.3) is 0 Å². The lowest BCUT2D eigenvalue weighted by atomic mass is 10.0. The van der Waals surface area contributed by atoms with Gasteiger partial charge in [-0.15, -0.1) is 0 Å². The predicted molar refractivity (Wildman–Crippen MR) is 84.9 cm³/mol. The molecule has 0 aliphatic rings. The van der Waals surface area contributed by atoms with Crippen molar-refractivity contribution in [1.82, 2.24) is 5.32 Å². The van der Waals surface area contributed by atoms with Crippen LogP contribution in [0.3, 0.4) is 0 Å². The van der Waals surface area contributed by atoms with Gasteiger partial charge in [-0.2, -0.15) is 0 Å². The number of benzene rings is 2. The number of nitrogens with one attached hydrogen (secondary N) is 1. The van der Waals surface area contributed by atoms with Gasteiger partial charge in [0, 0.05) is 5.56 Å². The van der Waals surface area contributed by atoms with Crippen molar-refractivity contribution >= 4 is 17.5 Å². The van der Waals surface area contributed by atoms with Crippen molar-refractivity contribution in [2.24, 2.45) is 0 Å². The molecule has 0 spiro atoms. The monoisotopic (exact) mass is 303 g/mol. The number of amides is 1. The van der Waals surface area contributed by atoms with Crippen LogP contribution >= 0.6 is 11.6 Å². The second-order valence-corrected chi connectivity index (χ2v) is 5.10. The average molecular weight is 304 g/mol. The summed E-state index contributed by atoms with van der Waals surface area (Å²) in [5.74, 6) is 0.415. The maximum Gasteiger partial charge on any atom is 0.251 e. The first-order valence-corrected chi connectivity index (χ1v) is 7.22. The van der Waals surface area contributed by atoms with Crippen molar-refractivity contribution in [3.63, 3.8) is 0 Å². The molecule has 0 aromatic heterocycles. The highest BCUT2D eigenvalue weighted by atomic mass is 35.5. The van der Waals surface area contributed by atoms with E-state index in [2.05, 4.69) is 5.32 Å². The van der Waals surface area contributed by atoms with Crippen LogP contribution in [-0.4, -0.2) is 13.0 Å². The molecule has 1 atom stereocenters. The Balaban J connectivity index is 2.15. The third-order valence-corrected chi connectivity index (χ3v) is 3.62. The lowest BCUT2D eigenvalue weighted by Gasteiger charge is -2.17. The summed E-state index contributed by atoms with van der Waals surface area (Å²) in [6.07, 6.45) is 0.819. The quantitative estimate of drug-likeness (QED) is 0.897. The van der Waals surface area contributed by atoms with Crippen molar-refractivity contribution in [3.05, 3.63) is 64.7 Å². The molecule has 0 bridgehead atoms. The van der Waals surface area contributed by atoms with Crippen LogP contribution in [0.1, 0.15) is 35.3 Å². The van der Waals surface area contributed by atoms with E-state index in [1.165, 1.54) is 0 Å². The van der Waals surface area contributed by atoms with E-state index in [1.54, 1.807) is 25.3 Å². The van der Waals surface area contributed by atoms with Crippen molar-refractivity contribution in [1.29, 1.82) is 0 Å². The largest absolute Gasteiger partial charge is 0.495 e. The molecular weight excluding hydrogens is 286 g/mol. The highest BCUT2D eigenvalue weighted by Gasteiger charge is 2.15. The Morgan fingerprint density at radius 2 is 1.95 bits per heavy atom. The van der Waals surface area contributed by atoms with Gasteiger partial charge in [-0.25, -0.2) is 0 Å². The fourth-order valence-electron chi connectivity index (χ4n) is 2.16. The van der Waals surface area contributed by atoms with Crippen LogP contribution in [0.5, 0.6) is 5.75 Å². The van der Waals surface area contributed by atoms with E-state index in [0.29, 0.717) is 16.3 Å². The molecule has 0 radical (unpaired) electrons. The first-order chi connectivity index (χ1) is 10.2. The van der Waals surface area contributed by atoms with E-state index in [9.17, 15) is 4.79 Å². The number of rotatable bonds is 5. The Morgan fingerprint density at radius 3 is 2.52 bits per heavy atom. The van der Waals surface area contributed by atoms with Crippen LogP contribution in [0.15, 0.2) is 48.5 Å². The molecule has 1 unspecified atom stereocenters. The zero-order chi connectivity index (χ0) is 15.2. The number of carbonyl (C=O) groups excluding carboxylic acids is 1. The third-order valence-electron chi connectivity index (χ3n) is 3.33. The summed E-state index contributed by atoms with van der Waals surface area (Å²) < 4.78 is 5.09. The summed E-state index contributed by atoms with van der Waals surface area (Å²) in [5.41, 5.74) is 1.61. The summed E-state index contributed by atoms with van der Waals surface area (Å²) in [7, 11) is 1.55. The summed E-state index contributed by atoms with van der Waals surface area (Å²) >= 11 is 6.06. The predicted octanol–water partition coefficient (Wildman–Crippen LogP) is 4.23. The summed E-state index contributed by atoms with van der Waals surface area (Å²) in [6, 6.07) is 14.9. The maximum atomic E-state index is 12.3. The molecule has 0 saturated carbocycles. The maximum absolute atomic E-state index is 12.3. The molecule has 0 aliphatic heterocycles. The first-order valence-electron chi connectivity index (χ1n) is 6.85. The van der Waals surface area contributed by atoms with Gasteiger partial charge in [0.05, 0.1) is 18.2 Å². The van der Waals surface area contributed by atoms with Gasteiger partial charge < -0.3 is 10.1 Å². The molecule has 1 amide bonds. The van der Waals surface area contributed by atoms with Gasteiger partial charge in [0.2, 0.25) is 0 Å². The summed E-state index contributed by atoms with van der Waals surface area (Å²) in [5, 5.41) is 3.45. The lowest BCUT2D eigenvalue weighted by molar-refractivity contribution is 0.0935. The van der Waals surface area contributed by atoms with Crippen molar-refractivity contribution in [3.8, 4) is 5.75 Å². The molecular formula is C17H18ClNO2. The zero-order valence-electron chi connectivity index (χ0n) is 12.1. The van der Waals surface area contributed by atoms with Crippen LogP contribution in [0.4, 0.5) is 0 Å². The molecule has 2 aromatic rings. The van der Waals surface area contributed by atoms with Crippen LogP contribution < -0.4 is 10.1 Å². The molecule has 1 N–H and O–H groups in total. The highest BCUT2D eigenvalue weighted by molar-refractivity contribution is 6.32. The number of methoxy groups -OCH3 is 1. The van der Waals surface area contributed by atoms with Crippen molar-refractivity contribution in [2.45, 2.75) is 19.4 Å². The second kappa shape index (κ2) is 7.14. The smallest absolute Gasteiger partial charge is 0.251 e. The van der Waals surface area contributed by atoms with Crippen LogP contribution in [0, 0.1) is 0 Å². The first kappa shape index (κ1) is 15.4. The Bertz CT molecular complexity index is 613. The third kappa shape index (κ3) is 3.76. The van der Waals surface area contributed by atoms with Crippen molar-refractivity contribution < 1.29 is 9.53 Å². The van der Waals surface area contributed by atoms with Crippen LogP contribution in [0.2, 0.25) is 5.02 Å². The minimum Gasteiger partial charge on any atom is -0.495 e. The van der Waals surface area contributed by atoms with Gasteiger partial charge in [-0.3, -0.25) is 4.79 Å². The van der Waals surface area contributed by atoms with E-state index in [0.717, 1.165) is 12.0 Å². The normalized spacial score (nSPS) is 11.8. The highest BCUT2D eigenvalue weighted by Crippen LogP contribution is 2.25. The average Bonchev–Trinajstić information content (AvgIpc) is 2.53. The molecule has 2 rings (SSSR count). The van der Waals surface area contributed by atoms with Gasteiger partial charge in [0.15, 0.2) is 0 Å². The van der Waals surface area contributed by atoms with Gasteiger partial charge >= 0.3 is 0 Å². The SMILES string of the molecule is CCC(NC(=O)c1ccc(OC)c(Cl)c1)c1ccccc1. The molecule has 4 heteroatoms. The lowest BCUT2D eigenvalue weighted by Crippen LogP contribution is -2.28. The molecule has 0 aliphatic carbocycles. The standard InChI is InChI=1S/C17H18ClNO2/c1-3-15(12-7-5-4-6-8-12)19-17(20)13-9-10-16(21-2)14(18)11-13/h4-11,15H,3H2,1-2H3,(H,19,20). The molecule has 3 nitrogen and oxygen atoms in total. The Morgan fingerprint density at radius 1 is 1.24 bits per heavy atom. The van der Waals surface area contributed by atoms with Crippen LogP contribution in [-0.2, 0) is 0 Å². The van der Waals surface area contributed by atoms with E-state index >= 15 is 0 Å². The van der Waals surface area contributed by atoms with Gasteiger partial charge in [-0.1, -0.05) is 48.9 Å². The minimum atomic E-state index is -0.143. The number of halogens is 1. The minimum absolute atomic E-state index is 0.0143. The molecule has 21 heavy (non-hydrogen) atoms. The number of hydrogen-bond acceptors (Lipinski definition) is 2. The van der Waals surface area contributed by atoms with E-state index in [-0.39, 0.29) is 11.9 Å². The fourth-order valence-corrected chi connectivity index (χ4v) is 2.41. The van der Waals surface area contributed by atoms with E-state index in [1.807, 2.05) is 37.3 Å². The number of carbonyl (C=O) groups is 1. The molecule has 0 saturated heterocycles. The Kier molecular flexibility index (Phi) is 5.23. The molecule has 0 heterocycles. The second-order valence-electron chi connectivity index (χ2n) is 4.69. The van der Waals surface area contributed by atoms with E-state index < -0.39 is 0 Å². The van der Waals surface area contributed by atoms with Gasteiger partial charge in [-0.05, 0) is 30.2 Å².